The molecule has 1 heterocycles. The van der Waals surface area contributed by atoms with Crippen molar-refractivity contribution in [1.29, 1.82) is 0 Å². The van der Waals surface area contributed by atoms with E-state index in [0.717, 1.165) is 0 Å². The van der Waals surface area contributed by atoms with Gasteiger partial charge in [0, 0.05) is 25.2 Å². The van der Waals surface area contributed by atoms with Gasteiger partial charge in [-0.3, -0.25) is 4.79 Å². The molecular formula is C19H20ClFN2O3. The van der Waals surface area contributed by atoms with Gasteiger partial charge in [-0.15, -0.1) is 0 Å². The normalized spacial score (nSPS) is 12.0. The van der Waals surface area contributed by atoms with Gasteiger partial charge >= 0.3 is 0 Å². The monoisotopic (exact) mass is 378 g/mol. The molecule has 0 spiro atoms. The van der Waals surface area contributed by atoms with Crippen LogP contribution in [0.2, 0.25) is 5.02 Å². The highest BCUT2D eigenvalue weighted by Gasteiger charge is 2.11. The highest BCUT2D eigenvalue weighted by Crippen LogP contribution is 2.32. The first-order chi connectivity index (χ1) is 12.4. The molecule has 0 aliphatic carbocycles. The predicted octanol–water partition coefficient (Wildman–Crippen LogP) is 4.60. The van der Waals surface area contributed by atoms with Crippen LogP contribution in [-0.4, -0.2) is 23.5 Å². The van der Waals surface area contributed by atoms with E-state index in [1.165, 1.54) is 19.2 Å². The highest BCUT2D eigenvalue weighted by atomic mass is 35.5. The summed E-state index contributed by atoms with van der Waals surface area (Å²) < 4.78 is 25.0. The molecule has 1 amide bonds. The van der Waals surface area contributed by atoms with Crippen molar-refractivity contribution in [3.05, 3.63) is 52.9 Å². The molecule has 0 unspecified atom stereocenters. The fraction of sp³-hybridized carbons (Fsp3) is 0.263. The standard InChI is InChI=1S/C19H20ClFN2O3/c1-4-25-15-7-8-18(16(20)10-15)26-19-17(21)9-14(11-22-19)6-5-12(2)23-13(3)24/h5-12H,4H2,1-3H3,(H,23,24)/b6-5+/t12-/m0/s1. The number of carbonyl (C=O) groups is 1. The zero-order valence-corrected chi connectivity index (χ0v) is 15.5. The van der Waals surface area contributed by atoms with Crippen LogP contribution < -0.4 is 14.8 Å². The molecule has 1 N–H and O–H groups in total. The van der Waals surface area contributed by atoms with Gasteiger partial charge in [0.1, 0.15) is 11.5 Å². The second kappa shape index (κ2) is 9.20. The Morgan fingerprint density at radius 3 is 2.81 bits per heavy atom. The van der Waals surface area contributed by atoms with Crippen molar-refractivity contribution >= 4 is 23.6 Å². The van der Waals surface area contributed by atoms with E-state index in [2.05, 4.69) is 10.3 Å². The lowest BCUT2D eigenvalue weighted by Gasteiger charge is -2.10. The average Bonchev–Trinajstić information content (AvgIpc) is 2.57. The second-order valence-electron chi connectivity index (χ2n) is 5.53. The Morgan fingerprint density at radius 1 is 1.42 bits per heavy atom. The Morgan fingerprint density at radius 2 is 2.19 bits per heavy atom. The van der Waals surface area contributed by atoms with Gasteiger partial charge in [-0.1, -0.05) is 23.8 Å². The molecule has 2 rings (SSSR count). The molecular weight excluding hydrogens is 359 g/mol. The number of carbonyl (C=O) groups excluding carboxylic acids is 1. The summed E-state index contributed by atoms with van der Waals surface area (Å²) in [5.41, 5.74) is 0.546. The van der Waals surface area contributed by atoms with Gasteiger partial charge in [0.05, 0.1) is 11.6 Å². The molecule has 0 saturated heterocycles. The smallest absolute Gasteiger partial charge is 0.255 e. The number of halogens is 2. The summed E-state index contributed by atoms with van der Waals surface area (Å²) >= 11 is 6.12. The number of nitrogens with zero attached hydrogens (tertiary/aromatic N) is 1. The summed E-state index contributed by atoms with van der Waals surface area (Å²) in [6.07, 6.45) is 4.88. The van der Waals surface area contributed by atoms with Gasteiger partial charge in [0.15, 0.2) is 5.82 Å². The van der Waals surface area contributed by atoms with E-state index in [0.29, 0.717) is 22.9 Å². The number of nitrogens with one attached hydrogen (secondary N) is 1. The summed E-state index contributed by atoms with van der Waals surface area (Å²) in [7, 11) is 0. The van der Waals surface area contributed by atoms with Gasteiger partial charge in [0.25, 0.3) is 5.88 Å². The van der Waals surface area contributed by atoms with Crippen LogP contribution in [-0.2, 0) is 4.79 Å². The van der Waals surface area contributed by atoms with Gasteiger partial charge in [-0.25, -0.2) is 9.37 Å². The van der Waals surface area contributed by atoms with Crippen LogP contribution in [0.5, 0.6) is 17.4 Å². The van der Waals surface area contributed by atoms with Crippen LogP contribution >= 0.6 is 11.6 Å². The van der Waals surface area contributed by atoms with Gasteiger partial charge in [-0.2, -0.15) is 0 Å². The van der Waals surface area contributed by atoms with E-state index in [9.17, 15) is 9.18 Å². The summed E-state index contributed by atoms with van der Waals surface area (Å²) in [5, 5.41) is 3.00. The van der Waals surface area contributed by atoms with E-state index in [-0.39, 0.29) is 23.6 Å². The summed E-state index contributed by atoms with van der Waals surface area (Å²) in [6, 6.07) is 6.00. The summed E-state index contributed by atoms with van der Waals surface area (Å²) in [4.78, 5) is 15.0. The third-order valence-electron chi connectivity index (χ3n) is 3.26. The maximum Gasteiger partial charge on any atom is 0.255 e. The first-order valence-corrected chi connectivity index (χ1v) is 8.48. The number of aromatic nitrogens is 1. The molecule has 1 aromatic carbocycles. The molecule has 0 saturated carbocycles. The number of hydrogen-bond donors (Lipinski definition) is 1. The minimum atomic E-state index is -0.621. The fourth-order valence-corrected chi connectivity index (χ4v) is 2.36. The average molecular weight is 379 g/mol. The molecule has 1 aromatic heterocycles. The van der Waals surface area contributed by atoms with E-state index in [4.69, 9.17) is 21.1 Å². The molecule has 1 atom stereocenters. The highest BCUT2D eigenvalue weighted by molar-refractivity contribution is 6.32. The van der Waals surface area contributed by atoms with Crippen molar-refractivity contribution in [2.75, 3.05) is 6.61 Å². The summed E-state index contributed by atoms with van der Waals surface area (Å²) in [6.45, 7) is 5.63. The van der Waals surface area contributed by atoms with Crippen LogP contribution in [0, 0.1) is 5.82 Å². The van der Waals surface area contributed by atoms with Crippen LogP contribution in [0.3, 0.4) is 0 Å². The number of pyridine rings is 1. The third kappa shape index (κ3) is 5.74. The molecule has 138 valence electrons. The van der Waals surface area contributed by atoms with E-state index >= 15 is 0 Å². The van der Waals surface area contributed by atoms with Crippen molar-refractivity contribution in [2.24, 2.45) is 0 Å². The topological polar surface area (TPSA) is 60.5 Å². The van der Waals surface area contributed by atoms with E-state index in [1.54, 1.807) is 30.4 Å². The lowest BCUT2D eigenvalue weighted by Crippen LogP contribution is -2.28. The Labute approximate surface area is 156 Å². The van der Waals surface area contributed by atoms with Gasteiger partial charge in [-0.05, 0) is 37.6 Å². The number of rotatable bonds is 7. The third-order valence-corrected chi connectivity index (χ3v) is 3.55. The number of hydrogen-bond acceptors (Lipinski definition) is 4. The molecule has 0 bridgehead atoms. The first kappa shape index (κ1) is 19.7. The molecule has 0 aliphatic rings. The molecule has 0 radical (unpaired) electrons. The number of ether oxygens (including phenoxy) is 2. The van der Waals surface area contributed by atoms with Crippen LogP contribution in [0.15, 0.2) is 36.5 Å². The molecule has 0 aliphatic heterocycles. The van der Waals surface area contributed by atoms with E-state index < -0.39 is 5.82 Å². The fourth-order valence-electron chi connectivity index (χ4n) is 2.16. The molecule has 5 nitrogen and oxygen atoms in total. The number of benzene rings is 1. The van der Waals surface area contributed by atoms with E-state index in [1.807, 2.05) is 13.8 Å². The Hall–Kier alpha value is -2.60. The minimum Gasteiger partial charge on any atom is -0.494 e. The first-order valence-electron chi connectivity index (χ1n) is 8.10. The molecule has 7 heteroatoms. The quantitative estimate of drug-likeness (QED) is 0.764. The molecule has 26 heavy (non-hydrogen) atoms. The van der Waals surface area contributed by atoms with Crippen molar-refractivity contribution in [3.8, 4) is 17.4 Å². The van der Waals surface area contributed by atoms with Crippen molar-refractivity contribution in [2.45, 2.75) is 26.8 Å². The SMILES string of the molecule is CCOc1ccc(Oc2ncc(/C=C/[C@H](C)NC(C)=O)cc2F)c(Cl)c1. The van der Waals surface area contributed by atoms with Crippen LogP contribution in [0.25, 0.3) is 6.08 Å². The van der Waals surface area contributed by atoms with Gasteiger partial charge < -0.3 is 14.8 Å². The van der Waals surface area contributed by atoms with Crippen LogP contribution in [0.4, 0.5) is 4.39 Å². The lowest BCUT2D eigenvalue weighted by molar-refractivity contribution is -0.119. The summed E-state index contributed by atoms with van der Waals surface area (Å²) in [5.74, 6) is -0.0500. The Balaban J connectivity index is 2.10. The molecule has 2 aromatic rings. The zero-order chi connectivity index (χ0) is 19.1. The molecule has 0 fully saturated rings. The lowest BCUT2D eigenvalue weighted by atomic mass is 10.2. The maximum absolute atomic E-state index is 14.2. The van der Waals surface area contributed by atoms with Crippen molar-refractivity contribution < 1.29 is 18.7 Å². The van der Waals surface area contributed by atoms with Gasteiger partial charge in [0.2, 0.25) is 5.91 Å². The Bertz CT molecular complexity index is 811. The van der Waals surface area contributed by atoms with Crippen molar-refractivity contribution in [1.82, 2.24) is 10.3 Å². The Kier molecular flexibility index (Phi) is 6.97. The second-order valence-corrected chi connectivity index (χ2v) is 5.94. The number of amides is 1. The van der Waals surface area contributed by atoms with Crippen molar-refractivity contribution in [3.63, 3.8) is 0 Å². The largest absolute Gasteiger partial charge is 0.494 e. The predicted molar refractivity (Wildman–Crippen MR) is 99.2 cm³/mol. The minimum absolute atomic E-state index is 0.137. The van der Waals surface area contributed by atoms with Crippen LogP contribution in [0.1, 0.15) is 26.3 Å². The maximum atomic E-state index is 14.2. The zero-order valence-electron chi connectivity index (χ0n) is 14.8.